The van der Waals surface area contributed by atoms with E-state index in [0.29, 0.717) is 10.4 Å². The molecule has 16 heavy (non-hydrogen) atoms. The molecule has 88 valence electrons. The molecule has 1 aromatic heterocycles. The van der Waals surface area contributed by atoms with Gasteiger partial charge in [-0.25, -0.2) is 4.98 Å². The van der Waals surface area contributed by atoms with Gasteiger partial charge in [-0.05, 0) is 43.5 Å². The minimum absolute atomic E-state index is 0.353. The SMILES string of the molecule is CC1(CNc2ncccc2Cl)CCNCC1. The highest BCUT2D eigenvalue weighted by molar-refractivity contribution is 6.32. The molecule has 1 aliphatic rings. The first-order chi connectivity index (χ1) is 7.70. The molecule has 0 aromatic carbocycles. The van der Waals surface area contributed by atoms with Crippen LogP contribution in [-0.4, -0.2) is 24.6 Å². The van der Waals surface area contributed by atoms with E-state index in [1.54, 1.807) is 6.20 Å². The van der Waals surface area contributed by atoms with Crippen molar-refractivity contribution in [3.63, 3.8) is 0 Å². The van der Waals surface area contributed by atoms with Gasteiger partial charge in [-0.1, -0.05) is 18.5 Å². The van der Waals surface area contributed by atoms with Crippen LogP contribution in [0.1, 0.15) is 19.8 Å². The Morgan fingerprint density at radius 1 is 1.50 bits per heavy atom. The van der Waals surface area contributed by atoms with Gasteiger partial charge in [-0.2, -0.15) is 0 Å². The van der Waals surface area contributed by atoms with E-state index in [2.05, 4.69) is 22.5 Å². The van der Waals surface area contributed by atoms with E-state index in [0.717, 1.165) is 25.5 Å². The molecule has 4 heteroatoms. The predicted molar refractivity (Wildman–Crippen MR) is 67.9 cm³/mol. The topological polar surface area (TPSA) is 37.0 Å². The van der Waals surface area contributed by atoms with Gasteiger partial charge in [0.1, 0.15) is 5.82 Å². The molecule has 3 nitrogen and oxygen atoms in total. The predicted octanol–water partition coefficient (Wildman–Crippen LogP) is 2.54. The number of piperidine rings is 1. The molecule has 0 bridgehead atoms. The average molecular weight is 240 g/mol. The van der Waals surface area contributed by atoms with Gasteiger partial charge in [0.05, 0.1) is 5.02 Å². The Labute approximate surface area is 102 Å². The third kappa shape index (κ3) is 2.86. The van der Waals surface area contributed by atoms with Crippen LogP contribution >= 0.6 is 11.6 Å². The van der Waals surface area contributed by atoms with Crippen LogP contribution in [0.15, 0.2) is 18.3 Å². The summed E-state index contributed by atoms with van der Waals surface area (Å²) in [5.74, 6) is 0.795. The number of hydrogen-bond acceptors (Lipinski definition) is 3. The van der Waals surface area contributed by atoms with Crippen molar-refractivity contribution < 1.29 is 0 Å². The Morgan fingerprint density at radius 2 is 2.25 bits per heavy atom. The molecular weight excluding hydrogens is 222 g/mol. The molecule has 1 aliphatic heterocycles. The number of aromatic nitrogens is 1. The lowest BCUT2D eigenvalue weighted by atomic mass is 9.81. The Balaban J connectivity index is 1.94. The van der Waals surface area contributed by atoms with Crippen LogP contribution in [0.2, 0.25) is 5.02 Å². The van der Waals surface area contributed by atoms with Crippen LogP contribution < -0.4 is 10.6 Å². The van der Waals surface area contributed by atoms with E-state index < -0.39 is 0 Å². The van der Waals surface area contributed by atoms with Gasteiger partial charge >= 0.3 is 0 Å². The number of anilines is 1. The number of hydrogen-bond donors (Lipinski definition) is 2. The van der Waals surface area contributed by atoms with Crippen LogP contribution in [0.5, 0.6) is 0 Å². The van der Waals surface area contributed by atoms with Crippen LogP contribution in [-0.2, 0) is 0 Å². The van der Waals surface area contributed by atoms with Gasteiger partial charge in [0, 0.05) is 12.7 Å². The summed E-state index contributed by atoms with van der Waals surface area (Å²) in [7, 11) is 0. The van der Waals surface area contributed by atoms with E-state index >= 15 is 0 Å². The van der Waals surface area contributed by atoms with Crippen molar-refractivity contribution in [1.29, 1.82) is 0 Å². The lowest BCUT2D eigenvalue weighted by Gasteiger charge is -2.34. The van der Waals surface area contributed by atoms with Crippen LogP contribution in [0.25, 0.3) is 0 Å². The van der Waals surface area contributed by atoms with E-state index in [4.69, 9.17) is 11.6 Å². The van der Waals surface area contributed by atoms with Crippen LogP contribution in [0.4, 0.5) is 5.82 Å². The Kier molecular flexibility index (Phi) is 3.66. The van der Waals surface area contributed by atoms with Gasteiger partial charge in [0.2, 0.25) is 0 Å². The van der Waals surface area contributed by atoms with Gasteiger partial charge < -0.3 is 10.6 Å². The smallest absolute Gasteiger partial charge is 0.144 e. The zero-order valence-corrected chi connectivity index (χ0v) is 10.3. The lowest BCUT2D eigenvalue weighted by molar-refractivity contribution is 0.247. The summed E-state index contributed by atoms with van der Waals surface area (Å²) in [6.45, 7) is 5.46. The molecule has 2 rings (SSSR count). The van der Waals surface area contributed by atoms with E-state index in [1.165, 1.54) is 12.8 Å². The Hall–Kier alpha value is -0.800. The largest absolute Gasteiger partial charge is 0.368 e. The van der Waals surface area contributed by atoms with Crippen molar-refractivity contribution in [2.24, 2.45) is 5.41 Å². The first kappa shape index (κ1) is 11.7. The maximum absolute atomic E-state index is 6.05. The number of nitrogens with one attached hydrogen (secondary N) is 2. The summed E-state index contributed by atoms with van der Waals surface area (Å²) in [6, 6.07) is 3.71. The minimum atomic E-state index is 0.353. The summed E-state index contributed by atoms with van der Waals surface area (Å²) >= 11 is 6.05. The molecule has 1 saturated heterocycles. The molecule has 0 spiro atoms. The third-order valence-corrected chi connectivity index (χ3v) is 3.56. The van der Waals surface area contributed by atoms with Crippen molar-refractivity contribution in [2.75, 3.05) is 25.0 Å². The molecule has 0 radical (unpaired) electrons. The highest BCUT2D eigenvalue weighted by Crippen LogP contribution is 2.29. The second-order valence-electron chi connectivity index (χ2n) is 4.75. The van der Waals surface area contributed by atoms with Crippen molar-refractivity contribution in [1.82, 2.24) is 10.3 Å². The molecule has 0 atom stereocenters. The summed E-state index contributed by atoms with van der Waals surface area (Å²) in [6.07, 6.45) is 4.16. The summed E-state index contributed by atoms with van der Waals surface area (Å²) in [4.78, 5) is 4.24. The lowest BCUT2D eigenvalue weighted by Crippen LogP contribution is -2.39. The maximum atomic E-state index is 6.05. The molecule has 0 aliphatic carbocycles. The first-order valence-corrected chi connectivity index (χ1v) is 6.13. The fourth-order valence-electron chi connectivity index (χ4n) is 2.02. The third-order valence-electron chi connectivity index (χ3n) is 3.25. The normalized spacial score (nSPS) is 19.4. The Bertz CT molecular complexity index is 348. The van der Waals surface area contributed by atoms with E-state index in [-0.39, 0.29) is 0 Å². The molecule has 1 fully saturated rings. The number of halogens is 1. The summed E-state index contributed by atoms with van der Waals surface area (Å²) < 4.78 is 0. The van der Waals surface area contributed by atoms with Gasteiger partial charge in [-0.15, -0.1) is 0 Å². The molecule has 0 amide bonds. The maximum Gasteiger partial charge on any atom is 0.144 e. The first-order valence-electron chi connectivity index (χ1n) is 5.75. The monoisotopic (exact) mass is 239 g/mol. The molecule has 0 saturated carbocycles. The second-order valence-corrected chi connectivity index (χ2v) is 5.16. The zero-order valence-electron chi connectivity index (χ0n) is 9.59. The van der Waals surface area contributed by atoms with E-state index in [1.807, 2.05) is 12.1 Å². The molecular formula is C12H18ClN3. The quantitative estimate of drug-likeness (QED) is 0.851. The highest BCUT2D eigenvalue weighted by Gasteiger charge is 2.26. The zero-order chi connectivity index (χ0) is 11.4. The average Bonchev–Trinajstić information content (AvgIpc) is 2.29. The van der Waals surface area contributed by atoms with Crippen molar-refractivity contribution >= 4 is 17.4 Å². The van der Waals surface area contributed by atoms with Crippen molar-refractivity contribution in [3.05, 3.63) is 23.4 Å². The van der Waals surface area contributed by atoms with E-state index in [9.17, 15) is 0 Å². The highest BCUT2D eigenvalue weighted by atomic mass is 35.5. The standard InChI is InChI=1S/C12H18ClN3/c1-12(4-7-14-8-5-12)9-16-11-10(13)3-2-6-15-11/h2-3,6,14H,4-5,7-9H2,1H3,(H,15,16). The van der Waals surface area contributed by atoms with Gasteiger partial charge in [0.15, 0.2) is 0 Å². The van der Waals surface area contributed by atoms with Crippen LogP contribution in [0.3, 0.4) is 0 Å². The summed E-state index contributed by atoms with van der Waals surface area (Å²) in [5.41, 5.74) is 0.353. The number of pyridine rings is 1. The van der Waals surface area contributed by atoms with Gasteiger partial charge in [0.25, 0.3) is 0 Å². The van der Waals surface area contributed by atoms with Crippen LogP contribution in [0, 0.1) is 5.41 Å². The fourth-order valence-corrected chi connectivity index (χ4v) is 2.21. The Morgan fingerprint density at radius 3 is 2.94 bits per heavy atom. The molecule has 2 heterocycles. The minimum Gasteiger partial charge on any atom is -0.368 e. The van der Waals surface area contributed by atoms with Gasteiger partial charge in [-0.3, -0.25) is 0 Å². The van der Waals surface area contributed by atoms with Crippen molar-refractivity contribution in [2.45, 2.75) is 19.8 Å². The molecule has 0 unspecified atom stereocenters. The fraction of sp³-hybridized carbons (Fsp3) is 0.583. The van der Waals surface area contributed by atoms with Crippen molar-refractivity contribution in [3.8, 4) is 0 Å². The second kappa shape index (κ2) is 5.02. The number of rotatable bonds is 3. The molecule has 2 N–H and O–H groups in total. The number of nitrogens with zero attached hydrogens (tertiary/aromatic N) is 1. The summed E-state index contributed by atoms with van der Waals surface area (Å²) in [5, 5.41) is 7.43. The molecule has 1 aromatic rings.